The monoisotopic (exact) mass is 486 g/mol. The van der Waals surface area contributed by atoms with Crippen LogP contribution in [0.4, 0.5) is 0 Å². The molecule has 2 aromatic heterocycles. The molecule has 0 radical (unpaired) electrons. The fourth-order valence-corrected chi connectivity index (χ4v) is 5.66. The summed E-state index contributed by atoms with van der Waals surface area (Å²) in [5, 5.41) is 9.99. The molecule has 36 heavy (non-hydrogen) atoms. The molecule has 0 spiro atoms. The predicted molar refractivity (Wildman–Crippen MR) is 139 cm³/mol. The van der Waals surface area contributed by atoms with E-state index in [0.717, 1.165) is 104 Å². The largest absolute Gasteiger partial charge is 0.478 e. The first kappa shape index (κ1) is 23.4. The number of H-pyrrole nitrogens is 1. The van der Waals surface area contributed by atoms with Crippen LogP contribution < -0.4 is 5.73 Å². The number of ether oxygens (including phenoxy) is 1. The van der Waals surface area contributed by atoms with Crippen molar-refractivity contribution in [3.63, 3.8) is 0 Å². The maximum atomic E-state index is 12.2. The number of aryl methyl sites for hydroxylation is 2. The summed E-state index contributed by atoms with van der Waals surface area (Å²) >= 11 is 0. The highest BCUT2D eigenvalue weighted by atomic mass is 16.5. The van der Waals surface area contributed by atoms with Crippen LogP contribution in [0, 0.1) is 0 Å². The lowest BCUT2D eigenvalue weighted by atomic mass is 9.88. The number of benzene rings is 1. The third kappa shape index (κ3) is 4.71. The summed E-state index contributed by atoms with van der Waals surface area (Å²) in [6.45, 7) is 4.88. The van der Waals surface area contributed by atoms with Crippen molar-refractivity contribution in [2.24, 2.45) is 5.73 Å². The fraction of sp³-hybridized carbons (Fsp3) is 0.448. The Morgan fingerprint density at radius 3 is 2.67 bits per heavy atom. The standard InChI is InChI=1S/C29H34N4O3/c30-29(9-10-29)17-25-26(28(34)35)22-8-7-21-18-31-24(16-23(21)27(22)32-25)20-5-3-19(4-6-20)2-1-11-33-12-14-36-15-13-33/h3-6,16,18,32H,1-2,7-15,17,30H2,(H,34,35). The Kier molecular flexibility index (Phi) is 6.15. The molecular formula is C29H34N4O3. The van der Waals surface area contributed by atoms with Gasteiger partial charge in [0.2, 0.25) is 0 Å². The highest BCUT2D eigenvalue weighted by molar-refractivity contribution is 5.95. The van der Waals surface area contributed by atoms with E-state index >= 15 is 0 Å². The van der Waals surface area contributed by atoms with Gasteiger partial charge >= 0.3 is 5.97 Å². The second kappa shape index (κ2) is 9.47. The van der Waals surface area contributed by atoms with Gasteiger partial charge in [-0.2, -0.15) is 0 Å². The van der Waals surface area contributed by atoms with Crippen molar-refractivity contribution in [2.45, 2.75) is 50.5 Å². The summed E-state index contributed by atoms with van der Waals surface area (Å²) in [5.41, 5.74) is 14.7. The number of hydrogen-bond donors (Lipinski definition) is 3. The number of pyridine rings is 1. The van der Waals surface area contributed by atoms with Gasteiger partial charge in [-0.1, -0.05) is 24.3 Å². The molecule has 3 heterocycles. The van der Waals surface area contributed by atoms with Gasteiger partial charge in [0.05, 0.1) is 30.2 Å². The van der Waals surface area contributed by atoms with Gasteiger partial charge in [0, 0.05) is 48.1 Å². The van der Waals surface area contributed by atoms with E-state index < -0.39 is 5.97 Å². The Bertz CT molecular complexity index is 1270. The first-order valence-electron chi connectivity index (χ1n) is 13.1. The summed E-state index contributed by atoms with van der Waals surface area (Å²) in [4.78, 5) is 22.9. The summed E-state index contributed by atoms with van der Waals surface area (Å²) in [5.74, 6) is -0.867. The van der Waals surface area contributed by atoms with Crippen LogP contribution in [0.2, 0.25) is 0 Å². The number of hydrogen-bond acceptors (Lipinski definition) is 5. The third-order valence-electron chi connectivity index (χ3n) is 8.01. The molecule has 7 heteroatoms. The van der Waals surface area contributed by atoms with Crippen molar-refractivity contribution in [1.29, 1.82) is 0 Å². The van der Waals surface area contributed by atoms with Crippen LogP contribution in [0.5, 0.6) is 0 Å². The molecule has 7 nitrogen and oxygen atoms in total. The van der Waals surface area contributed by atoms with Crippen LogP contribution in [0.15, 0.2) is 36.5 Å². The Balaban J connectivity index is 1.22. The van der Waals surface area contributed by atoms with Crippen LogP contribution in [-0.2, 0) is 30.4 Å². The van der Waals surface area contributed by atoms with Gasteiger partial charge in [-0.3, -0.25) is 9.88 Å². The molecule has 3 aliphatic rings. The van der Waals surface area contributed by atoms with Crippen LogP contribution in [-0.4, -0.2) is 64.3 Å². The van der Waals surface area contributed by atoms with Gasteiger partial charge in [-0.15, -0.1) is 0 Å². The Hall–Kier alpha value is -3.00. The minimum atomic E-state index is -0.867. The smallest absolute Gasteiger partial charge is 0.337 e. The molecule has 4 N–H and O–H groups in total. The molecule has 2 aliphatic carbocycles. The number of morpholine rings is 1. The van der Waals surface area contributed by atoms with Gasteiger partial charge in [0.15, 0.2) is 0 Å². The quantitative estimate of drug-likeness (QED) is 0.447. The van der Waals surface area contributed by atoms with Crippen molar-refractivity contribution in [2.75, 3.05) is 32.8 Å². The summed E-state index contributed by atoms with van der Waals surface area (Å²) in [6, 6.07) is 10.8. The van der Waals surface area contributed by atoms with Crippen molar-refractivity contribution < 1.29 is 14.6 Å². The molecule has 3 aromatic rings. The molecule has 1 saturated carbocycles. The maximum absolute atomic E-state index is 12.2. The van der Waals surface area contributed by atoms with E-state index in [-0.39, 0.29) is 5.54 Å². The molecular weight excluding hydrogens is 452 g/mol. The lowest BCUT2D eigenvalue weighted by Gasteiger charge is -2.26. The highest BCUT2D eigenvalue weighted by Gasteiger charge is 2.40. The average molecular weight is 487 g/mol. The lowest BCUT2D eigenvalue weighted by Crippen LogP contribution is -2.36. The number of carboxylic acids is 1. The van der Waals surface area contributed by atoms with E-state index in [0.29, 0.717) is 18.4 Å². The van der Waals surface area contributed by atoms with Crippen LogP contribution >= 0.6 is 0 Å². The summed E-state index contributed by atoms with van der Waals surface area (Å²) in [7, 11) is 0. The Labute approximate surface area is 211 Å². The number of aromatic nitrogens is 2. The van der Waals surface area contributed by atoms with Crippen LogP contribution in [0.1, 0.15) is 52.0 Å². The van der Waals surface area contributed by atoms with Gasteiger partial charge < -0.3 is 20.6 Å². The van der Waals surface area contributed by atoms with Crippen molar-refractivity contribution in [1.82, 2.24) is 14.9 Å². The first-order valence-corrected chi connectivity index (χ1v) is 13.1. The van der Waals surface area contributed by atoms with E-state index in [1.54, 1.807) is 0 Å². The van der Waals surface area contributed by atoms with Gasteiger partial charge in [-0.05, 0) is 67.8 Å². The second-order valence-electron chi connectivity index (χ2n) is 10.7. The molecule has 1 aliphatic heterocycles. The molecule has 6 rings (SSSR count). The molecule has 0 amide bonds. The maximum Gasteiger partial charge on any atom is 0.337 e. The zero-order valence-electron chi connectivity index (χ0n) is 20.7. The number of rotatable bonds is 8. The first-order chi connectivity index (χ1) is 17.5. The molecule has 0 unspecified atom stereocenters. The van der Waals surface area contributed by atoms with Gasteiger partial charge in [0.1, 0.15) is 0 Å². The Morgan fingerprint density at radius 2 is 1.94 bits per heavy atom. The molecule has 0 atom stereocenters. The number of carbonyl (C=O) groups is 1. The fourth-order valence-electron chi connectivity index (χ4n) is 5.66. The zero-order chi connectivity index (χ0) is 24.7. The molecule has 2 fully saturated rings. The number of nitrogens with zero attached hydrogens (tertiary/aromatic N) is 2. The molecule has 188 valence electrons. The molecule has 1 aromatic carbocycles. The molecule has 0 bridgehead atoms. The summed E-state index contributed by atoms with van der Waals surface area (Å²) in [6.07, 6.45) is 8.14. The number of fused-ring (bicyclic) bond motifs is 3. The lowest BCUT2D eigenvalue weighted by molar-refractivity contribution is 0.0374. The van der Waals surface area contributed by atoms with Crippen molar-refractivity contribution >= 4 is 5.97 Å². The molecule has 1 saturated heterocycles. The summed E-state index contributed by atoms with van der Waals surface area (Å²) < 4.78 is 5.43. The van der Waals surface area contributed by atoms with Gasteiger partial charge in [-0.25, -0.2) is 4.79 Å². The number of carboxylic acid groups (broad SMARTS) is 1. The predicted octanol–water partition coefficient (Wildman–Crippen LogP) is 3.84. The minimum Gasteiger partial charge on any atom is -0.478 e. The Morgan fingerprint density at radius 1 is 1.17 bits per heavy atom. The van der Waals surface area contributed by atoms with E-state index in [1.807, 2.05) is 6.20 Å². The SMILES string of the molecule is NC1(Cc2[nH]c3c(c2C(=O)O)CCc2cnc(-c4ccc(CCCN5CCOCC5)cc4)cc2-3)CC1. The van der Waals surface area contributed by atoms with Crippen molar-refractivity contribution in [3.8, 4) is 22.5 Å². The van der Waals surface area contributed by atoms with Crippen molar-refractivity contribution in [3.05, 3.63) is 64.5 Å². The minimum absolute atomic E-state index is 0.256. The third-order valence-corrected chi connectivity index (χ3v) is 8.01. The van der Waals surface area contributed by atoms with Crippen LogP contribution in [0.25, 0.3) is 22.5 Å². The number of nitrogens with two attached hydrogens (primary N) is 1. The normalized spacial score (nSPS) is 18.5. The number of aromatic carboxylic acids is 1. The number of aromatic amines is 1. The van der Waals surface area contributed by atoms with E-state index in [2.05, 4.69) is 40.2 Å². The van der Waals surface area contributed by atoms with Crippen LogP contribution in [0.3, 0.4) is 0 Å². The van der Waals surface area contributed by atoms with Gasteiger partial charge in [0.25, 0.3) is 0 Å². The average Bonchev–Trinajstić information content (AvgIpc) is 3.49. The van der Waals surface area contributed by atoms with E-state index in [9.17, 15) is 9.90 Å². The van der Waals surface area contributed by atoms with E-state index in [4.69, 9.17) is 15.5 Å². The van der Waals surface area contributed by atoms with E-state index in [1.165, 1.54) is 5.56 Å². The zero-order valence-corrected chi connectivity index (χ0v) is 20.7. The number of nitrogens with one attached hydrogen (secondary N) is 1. The second-order valence-corrected chi connectivity index (χ2v) is 10.7. The topological polar surface area (TPSA) is 104 Å². The highest BCUT2D eigenvalue weighted by Crippen LogP contribution is 2.41.